The Morgan fingerprint density at radius 2 is 1.68 bits per heavy atom. The fraction of sp³-hybridized carbons (Fsp3) is 0. The second-order valence-electron chi connectivity index (χ2n) is 4.01. The third kappa shape index (κ3) is 3.49. The molecule has 0 aliphatic carbocycles. The van der Waals surface area contributed by atoms with E-state index >= 15 is 0 Å². The van der Waals surface area contributed by atoms with Crippen LogP contribution < -0.4 is 4.18 Å². The molecule has 0 bridgehead atoms. The molecule has 0 saturated carbocycles. The Labute approximate surface area is 128 Å². The molecule has 0 radical (unpaired) electrons. The predicted octanol–water partition coefficient (Wildman–Crippen LogP) is 3.29. The van der Waals surface area contributed by atoms with Gasteiger partial charge in [-0.3, -0.25) is 10.1 Å². The second-order valence-corrected chi connectivity index (χ2v) is 5.97. The first-order chi connectivity index (χ1) is 10.2. The van der Waals surface area contributed by atoms with Crippen molar-refractivity contribution in [3.8, 4) is 5.75 Å². The van der Waals surface area contributed by atoms with E-state index in [4.69, 9.17) is 11.6 Å². The Kier molecular flexibility index (Phi) is 4.29. The van der Waals surface area contributed by atoms with Crippen molar-refractivity contribution in [3.63, 3.8) is 0 Å². The van der Waals surface area contributed by atoms with E-state index in [0.717, 1.165) is 18.2 Å². The van der Waals surface area contributed by atoms with Crippen molar-refractivity contribution in [1.82, 2.24) is 0 Å². The number of benzene rings is 2. The molecule has 0 heterocycles. The van der Waals surface area contributed by atoms with E-state index in [1.54, 1.807) is 0 Å². The maximum atomic E-state index is 13.1. The van der Waals surface area contributed by atoms with Gasteiger partial charge in [0.05, 0.1) is 9.95 Å². The average molecular weight is 350 g/mol. The van der Waals surface area contributed by atoms with Gasteiger partial charge in [0, 0.05) is 18.2 Å². The quantitative estimate of drug-likeness (QED) is 0.480. The molecule has 6 nitrogen and oxygen atoms in total. The van der Waals surface area contributed by atoms with Gasteiger partial charge in [0.1, 0.15) is 16.5 Å². The molecule has 2 rings (SSSR count). The zero-order valence-corrected chi connectivity index (χ0v) is 12.1. The number of halogens is 3. The summed E-state index contributed by atoms with van der Waals surface area (Å²) in [5.41, 5.74) is -0.369. The van der Waals surface area contributed by atoms with E-state index in [1.165, 1.54) is 0 Å². The van der Waals surface area contributed by atoms with Gasteiger partial charge in [0.2, 0.25) is 0 Å². The van der Waals surface area contributed by atoms with Crippen molar-refractivity contribution in [2.24, 2.45) is 0 Å². The third-order valence-corrected chi connectivity index (χ3v) is 3.96. The zero-order chi connectivity index (χ0) is 16.5. The molecule has 0 atom stereocenters. The largest absolute Gasteiger partial charge is 0.377 e. The lowest BCUT2D eigenvalue weighted by atomic mass is 10.3. The van der Waals surface area contributed by atoms with Gasteiger partial charge in [0.25, 0.3) is 5.69 Å². The van der Waals surface area contributed by atoms with Crippen LogP contribution in [0, 0.1) is 21.7 Å². The number of nitrogens with zero attached hydrogens (tertiary/aromatic N) is 1. The molecule has 116 valence electrons. The van der Waals surface area contributed by atoms with Crippen LogP contribution in [0.15, 0.2) is 41.3 Å². The first-order valence-electron chi connectivity index (χ1n) is 5.53. The van der Waals surface area contributed by atoms with Gasteiger partial charge in [0.15, 0.2) is 5.75 Å². The van der Waals surface area contributed by atoms with Gasteiger partial charge < -0.3 is 4.18 Å². The van der Waals surface area contributed by atoms with E-state index in [2.05, 4.69) is 4.18 Å². The minimum Gasteiger partial charge on any atom is -0.377 e. The van der Waals surface area contributed by atoms with Crippen LogP contribution in [0.1, 0.15) is 0 Å². The Bertz CT molecular complexity index is 836. The fourth-order valence-corrected chi connectivity index (χ4v) is 2.76. The van der Waals surface area contributed by atoms with Crippen molar-refractivity contribution < 1.29 is 26.3 Å². The summed E-state index contributed by atoms with van der Waals surface area (Å²) in [7, 11) is -4.55. The molecule has 0 aliphatic rings. The highest BCUT2D eigenvalue weighted by atomic mass is 35.5. The van der Waals surface area contributed by atoms with Gasteiger partial charge in [-0.15, -0.1) is 0 Å². The van der Waals surface area contributed by atoms with Crippen LogP contribution in [0.5, 0.6) is 5.75 Å². The molecule has 22 heavy (non-hydrogen) atoms. The molecular weight excluding hydrogens is 344 g/mol. The van der Waals surface area contributed by atoms with Crippen molar-refractivity contribution >= 4 is 27.4 Å². The normalized spacial score (nSPS) is 11.2. The molecule has 0 spiro atoms. The van der Waals surface area contributed by atoms with Gasteiger partial charge >= 0.3 is 10.1 Å². The summed E-state index contributed by atoms with van der Waals surface area (Å²) in [6.45, 7) is 0. The van der Waals surface area contributed by atoms with Crippen LogP contribution in [0.3, 0.4) is 0 Å². The topological polar surface area (TPSA) is 86.5 Å². The summed E-state index contributed by atoms with van der Waals surface area (Å²) in [4.78, 5) is 9.07. The maximum absolute atomic E-state index is 13.1. The number of nitro benzene ring substituents is 1. The highest BCUT2D eigenvalue weighted by molar-refractivity contribution is 7.87. The summed E-state index contributed by atoms with van der Waals surface area (Å²) in [6.07, 6.45) is 0. The average Bonchev–Trinajstić information content (AvgIpc) is 2.39. The molecule has 0 unspecified atom stereocenters. The van der Waals surface area contributed by atoms with Crippen molar-refractivity contribution in [1.29, 1.82) is 0 Å². The lowest BCUT2D eigenvalue weighted by Gasteiger charge is -2.08. The predicted molar refractivity (Wildman–Crippen MR) is 72.3 cm³/mol. The summed E-state index contributed by atoms with van der Waals surface area (Å²) in [5.74, 6) is -2.61. The van der Waals surface area contributed by atoms with Crippen LogP contribution >= 0.6 is 11.6 Å². The number of nitro groups is 1. The monoisotopic (exact) mass is 349 g/mol. The summed E-state index contributed by atoms with van der Waals surface area (Å²) >= 11 is 5.69. The van der Waals surface area contributed by atoms with Gasteiger partial charge in [-0.2, -0.15) is 8.42 Å². The first kappa shape index (κ1) is 16.1. The standard InChI is InChI=1S/C12H6ClF2NO5S/c13-11-6-9(16(17)18)1-2-12(11)21-22(19,20)10-4-7(14)3-8(15)5-10/h1-6H. The highest BCUT2D eigenvalue weighted by Crippen LogP contribution is 2.31. The van der Waals surface area contributed by atoms with Crippen LogP contribution in [-0.2, 0) is 10.1 Å². The van der Waals surface area contributed by atoms with E-state index < -0.39 is 37.3 Å². The Hall–Kier alpha value is -2.26. The van der Waals surface area contributed by atoms with E-state index in [1.807, 2.05) is 0 Å². The summed E-state index contributed by atoms with van der Waals surface area (Å²) < 4.78 is 54.6. The highest BCUT2D eigenvalue weighted by Gasteiger charge is 2.21. The molecule has 2 aromatic carbocycles. The van der Waals surface area contributed by atoms with Crippen molar-refractivity contribution in [2.45, 2.75) is 4.90 Å². The Morgan fingerprint density at radius 1 is 1.09 bits per heavy atom. The lowest BCUT2D eigenvalue weighted by molar-refractivity contribution is -0.384. The van der Waals surface area contributed by atoms with Crippen LogP contribution in [0.2, 0.25) is 5.02 Å². The van der Waals surface area contributed by atoms with E-state index in [0.29, 0.717) is 18.2 Å². The van der Waals surface area contributed by atoms with Crippen LogP contribution in [0.25, 0.3) is 0 Å². The lowest BCUT2D eigenvalue weighted by Crippen LogP contribution is -2.11. The van der Waals surface area contributed by atoms with Gasteiger partial charge in [-0.05, 0) is 18.2 Å². The summed E-state index contributed by atoms with van der Waals surface area (Å²) in [5, 5.41) is 10.2. The second kappa shape index (κ2) is 5.85. The molecule has 0 aromatic heterocycles. The summed E-state index contributed by atoms with van der Waals surface area (Å²) in [6, 6.07) is 4.46. The van der Waals surface area contributed by atoms with E-state index in [-0.39, 0.29) is 10.7 Å². The molecule has 0 amide bonds. The smallest absolute Gasteiger partial charge is 0.339 e. The minimum absolute atomic E-state index is 0.338. The minimum atomic E-state index is -4.55. The van der Waals surface area contributed by atoms with Crippen molar-refractivity contribution in [3.05, 3.63) is 63.2 Å². The Morgan fingerprint density at radius 3 is 2.18 bits per heavy atom. The molecular formula is C12H6ClF2NO5S. The van der Waals surface area contributed by atoms with E-state index in [9.17, 15) is 27.3 Å². The molecule has 2 aromatic rings. The van der Waals surface area contributed by atoms with Crippen molar-refractivity contribution in [2.75, 3.05) is 0 Å². The number of non-ortho nitro benzene ring substituents is 1. The third-order valence-electron chi connectivity index (χ3n) is 2.45. The molecule has 0 N–H and O–H groups in total. The Balaban J connectivity index is 2.38. The van der Waals surface area contributed by atoms with Gasteiger partial charge in [-0.1, -0.05) is 11.6 Å². The first-order valence-corrected chi connectivity index (χ1v) is 7.32. The molecule has 0 saturated heterocycles. The number of hydrogen-bond acceptors (Lipinski definition) is 5. The molecule has 10 heteroatoms. The zero-order valence-electron chi connectivity index (χ0n) is 10.5. The number of rotatable bonds is 4. The molecule has 0 fully saturated rings. The molecule has 0 aliphatic heterocycles. The van der Waals surface area contributed by atoms with Crippen LogP contribution in [0.4, 0.5) is 14.5 Å². The fourth-order valence-electron chi connectivity index (χ4n) is 1.51. The number of hydrogen-bond donors (Lipinski definition) is 0. The van der Waals surface area contributed by atoms with Crippen LogP contribution in [-0.4, -0.2) is 13.3 Å². The van der Waals surface area contributed by atoms with Gasteiger partial charge in [-0.25, -0.2) is 8.78 Å². The maximum Gasteiger partial charge on any atom is 0.339 e. The SMILES string of the molecule is O=[N+]([O-])c1ccc(OS(=O)(=O)c2cc(F)cc(F)c2)c(Cl)c1.